The molecule has 9 aromatic carbocycles. The van der Waals surface area contributed by atoms with Crippen LogP contribution in [0.15, 0.2) is 176 Å². The van der Waals surface area contributed by atoms with Gasteiger partial charge in [-0.15, -0.1) is 0 Å². The fraction of sp³-hybridized carbons (Fsp3) is 0.171. The number of alkyl halides is 3. The second kappa shape index (κ2) is 34.7. The van der Waals surface area contributed by atoms with E-state index in [1.54, 1.807) is 42.9 Å². The van der Waals surface area contributed by atoms with Crippen LogP contribution in [0.2, 0.25) is 5.02 Å². The third-order valence-electron chi connectivity index (χ3n) is 16.6. The van der Waals surface area contributed by atoms with E-state index >= 15 is 0 Å². The van der Waals surface area contributed by atoms with Crippen LogP contribution in [0.5, 0.6) is 34.5 Å². The summed E-state index contributed by atoms with van der Waals surface area (Å²) in [6, 6.07) is 29.5. The number of carbonyl (C=O) groups excluding carboxylic acids is 3. The molecule has 3 fully saturated rings. The number of carbonyl (C=O) groups is 3. The zero-order valence-electron chi connectivity index (χ0n) is 58.0. The molecular weight excluding hydrogens is 1510 g/mol. The first-order valence-electron chi connectivity index (χ1n) is 33.9. The van der Waals surface area contributed by atoms with Crippen molar-refractivity contribution in [2.24, 2.45) is 0 Å². The summed E-state index contributed by atoms with van der Waals surface area (Å²) in [6.45, 7) is 7.57. The third-order valence-corrected chi connectivity index (χ3v) is 17.0. The van der Waals surface area contributed by atoms with E-state index < -0.39 is 93.6 Å². The van der Waals surface area contributed by atoms with Crippen molar-refractivity contribution in [3.05, 3.63) is 233 Å². The van der Waals surface area contributed by atoms with Gasteiger partial charge in [0.25, 0.3) is 0 Å². The topological polar surface area (TPSA) is 266 Å². The van der Waals surface area contributed by atoms with Gasteiger partial charge < -0.3 is 75.0 Å². The Hall–Kier alpha value is -13.0. The molecule has 0 radical (unpaired) electrons. The zero-order chi connectivity index (χ0) is 78.6. The SMILES string of the molecule is O=C(Nc1ccc(Cl)c(F)c1)Nc1cc(F)c(Oc2ccc3ncc(N4CCOCC4)nc3c2)c(F)c1.O=C(Nc1cccc(C(F)(F)F)c1)Nc1cc(F)c(Oc2ccc3ncc(N4CCOCC4)nc3c2)c(F)c1.O=C(Nc1cccc(F)c1)Nc1cc(F)c(Oc2ccc3ncc(N4CCOCC4)nc3c2)c(F)c1. The molecule has 3 aromatic heterocycles. The molecule has 36 heteroatoms. The fourth-order valence-electron chi connectivity index (χ4n) is 11.3. The van der Waals surface area contributed by atoms with E-state index in [-0.39, 0.29) is 56.4 Å². The maximum absolute atomic E-state index is 14.8. The van der Waals surface area contributed by atoms with Crippen molar-refractivity contribution >= 4 is 114 Å². The van der Waals surface area contributed by atoms with Gasteiger partial charge in [-0.1, -0.05) is 23.7 Å². The van der Waals surface area contributed by atoms with Gasteiger partial charge in [0.15, 0.2) is 52.2 Å². The lowest BCUT2D eigenvalue weighted by atomic mass is 10.2. The molecule has 0 aliphatic carbocycles. The lowest BCUT2D eigenvalue weighted by molar-refractivity contribution is -0.137. The van der Waals surface area contributed by atoms with Crippen LogP contribution in [0, 0.1) is 46.5 Å². The van der Waals surface area contributed by atoms with E-state index in [2.05, 4.69) is 61.8 Å². The number of hydrogen-bond acceptors (Lipinski definition) is 18. The Morgan fingerprint density at radius 3 is 1.00 bits per heavy atom. The monoisotopic (exact) mass is 1570 g/mol. The number of urea groups is 3. The first-order valence-corrected chi connectivity index (χ1v) is 34.2. The average molecular weight is 1570 g/mol. The number of anilines is 9. The van der Waals surface area contributed by atoms with Gasteiger partial charge >= 0.3 is 24.3 Å². The molecule has 3 saturated heterocycles. The number of aromatic nitrogens is 6. The Kier molecular flexibility index (Phi) is 23.9. The number of nitrogens with zero attached hydrogens (tertiary/aromatic N) is 9. The van der Waals surface area contributed by atoms with Crippen molar-refractivity contribution in [1.29, 1.82) is 0 Å². The molecule has 24 nitrogen and oxygen atoms in total. The molecule has 6 heterocycles. The van der Waals surface area contributed by atoms with Crippen LogP contribution in [0.1, 0.15) is 5.56 Å². The molecule has 0 bridgehead atoms. The van der Waals surface area contributed by atoms with E-state index in [9.17, 15) is 62.7 Å². The number of hydrogen-bond donors (Lipinski definition) is 6. The molecule has 3 aliphatic heterocycles. The number of nitrogens with one attached hydrogen (secondary N) is 6. The summed E-state index contributed by atoms with van der Waals surface area (Å²) in [6.07, 6.45) is 0.379. The molecule has 15 rings (SSSR count). The van der Waals surface area contributed by atoms with Crippen molar-refractivity contribution in [2.45, 2.75) is 6.18 Å². The van der Waals surface area contributed by atoms with Gasteiger partial charge in [-0.05, 0) is 91.0 Å². The van der Waals surface area contributed by atoms with Crippen LogP contribution in [-0.4, -0.2) is 127 Å². The first kappa shape index (κ1) is 77.2. The van der Waals surface area contributed by atoms with Crippen molar-refractivity contribution in [2.75, 3.05) is 126 Å². The molecule has 0 saturated carbocycles. The maximum atomic E-state index is 14.8. The van der Waals surface area contributed by atoms with Crippen molar-refractivity contribution in [3.63, 3.8) is 0 Å². The van der Waals surface area contributed by atoms with E-state index in [0.29, 0.717) is 129 Å². The number of morpholine rings is 3. The average Bonchev–Trinajstić information content (AvgIpc) is 0.795. The minimum atomic E-state index is -4.60. The highest BCUT2D eigenvalue weighted by Gasteiger charge is 2.31. The molecule has 0 atom stereocenters. The van der Waals surface area contributed by atoms with Crippen LogP contribution in [0.25, 0.3) is 33.1 Å². The first-order chi connectivity index (χ1) is 53.9. The normalized spacial score (nSPS) is 13.6. The summed E-state index contributed by atoms with van der Waals surface area (Å²) in [7, 11) is 0. The summed E-state index contributed by atoms with van der Waals surface area (Å²) < 4.78 is 186. The number of rotatable bonds is 15. The number of halogens is 12. The summed E-state index contributed by atoms with van der Waals surface area (Å²) in [5.74, 6) is -7.21. The Bertz CT molecular complexity index is 5430. The molecule has 112 heavy (non-hydrogen) atoms. The quantitative estimate of drug-likeness (QED) is 0.0521. The molecule has 12 aromatic rings. The lowest BCUT2D eigenvalue weighted by Gasteiger charge is -2.27. The van der Waals surface area contributed by atoms with Gasteiger partial charge in [0.2, 0.25) is 0 Å². The molecule has 6 N–H and O–H groups in total. The second-order valence-corrected chi connectivity index (χ2v) is 24.9. The smallest absolute Gasteiger partial charge is 0.416 e. The fourth-order valence-corrected chi connectivity index (χ4v) is 11.4. The highest BCUT2D eigenvalue weighted by molar-refractivity contribution is 6.30. The van der Waals surface area contributed by atoms with Gasteiger partial charge in [0.05, 0.1) is 102 Å². The minimum Gasteiger partial charge on any atom is -0.451 e. The van der Waals surface area contributed by atoms with Crippen molar-refractivity contribution in [1.82, 2.24) is 29.9 Å². The molecule has 0 unspecified atom stereocenters. The van der Waals surface area contributed by atoms with E-state index in [0.717, 1.165) is 66.7 Å². The van der Waals surface area contributed by atoms with Crippen LogP contribution >= 0.6 is 11.6 Å². The van der Waals surface area contributed by atoms with Crippen molar-refractivity contribution in [3.8, 4) is 34.5 Å². The van der Waals surface area contributed by atoms with Crippen LogP contribution in [0.3, 0.4) is 0 Å². The summed E-state index contributed by atoms with van der Waals surface area (Å²) in [5.41, 5.74) is 1.80. The highest BCUT2D eigenvalue weighted by atomic mass is 35.5. The van der Waals surface area contributed by atoms with E-state index in [4.69, 9.17) is 40.0 Å². The predicted molar refractivity (Wildman–Crippen MR) is 394 cm³/mol. The highest BCUT2D eigenvalue weighted by Crippen LogP contribution is 2.37. The zero-order valence-corrected chi connectivity index (χ0v) is 58.7. The Morgan fingerprint density at radius 1 is 0.357 bits per heavy atom. The maximum Gasteiger partial charge on any atom is 0.416 e. The van der Waals surface area contributed by atoms with Gasteiger partial charge in [0.1, 0.15) is 46.3 Å². The third kappa shape index (κ3) is 19.9. The predicted octanol–water partition coefficient (Wildman–Crippen LogP) is 17.5. The van der Waals surface area contributed by atoms with Crippen LogP contribution < -0.4 is 60.8 Å². The van der Waals surface area contributed by atoms with Gasteiger partial charge in [-0.2, -0.15) is 13.2 Å². The Labute approximate surface area is 632 Å². The number of ether oxygens (including phenoxy) is 6. The summed E-state index contributed by atoms with van der Waals surface area (Å²) in [5, 5.41) is 13.6. The van der Waals surface area contributed by atoms with Gasteiger partial charge in [-0.25, -0.2) is 64.5 Å². The molecule has 576 valence electrons. The minimum absolute atomic E-state index is 0.108. The van der Waals surface area contributed by atoms with Crippen LogP contribution in [-0.2, 0) is 20.4 Å². The van der Waals surface area contributed by atoms with E-state index in [1.165, 1.54) is 66.7 Å². The van der Waals surface area contributed by atoms with Gasteiger partial charge in [0, 0.05) is 128 Å². The Morgan fingerprint density at radius 2 is 0.670 bits per heavy atom. The number of amides is 6. The van der Waals surface area contributed by atoms with E-state index in [1.807, 2.05) is 14.7 Å². The largest absolute Gasteiger partial charge is 0.451 e. The second-order valence-electron chi connectivity index (χ2n) is 24.5. The van der Waals surface area contributed by atoms with Crippen molar-refractivity contribution < 1.29 is 91.1 Å². The molecular formula is C76H59ClF11N15O9. The summed E-state index contributed by atoms with van der Waals surface area (Å²) in [4.78, 5) is 69.5. The molecule has 3 aliphatic rings. The number of fused-ring (bicyclic) bond motifs is 3. The number of benzene rings is 9. The Balaban J connectivity index is 0.000000147. The lowest BCUT2D eigenvalue weighted by Crippen LogP contribution is -2.36. The molecule has 6 amide bonds. The molecule has 0 spiro atoms. The van der Waals surface area contributed by atoms with Crippen LogP contribution in [0.4, 0.5) is 114 Å². The summed E-state index contributed by atoms with van der Waals surface area (Å²) >= 11 is 5.61. The standard InChI is InChI=1S/C26H20F5N5O3.C25H19ClF3N5O3.C25H20F3N5O3/c27-19-11-17(34-25(37)33-16-3-1-2-15(10-16)26(29,30)31)12-20(28)24(19)39-18-4-5-21-22(13-18)35-23(14-32-21)36-6-8-38-9-7-36;26-17-3-1-14(9-18(17)27)31-25(35)32-15-10-19(28)24(20(29)11-15)37-16-2-4-21-22(12-16)33-23(13-30-21)34-5-7-36-8-6-34;26-15-2-1-3-16(10-15)30-25(34)31-17-11-19(27)24(20(28)12-17)36-18-4-5-21-22(13-18)32-23(14-29-21)33-6-8-35-9-7-33/h1-5,10-14H,6-9H2,(H2,33,34,37);1-4,9-13H,5-8H2,(H2,31,32,35);1-5,10-14H,6-9H2,(H2,30,31,34). The van der Waals surface area contributed by atoms with Gasteiger partial charge in [-0.3, -0.25) is 15.0 Å².